The third-order valence-corrected chi connectivity index (χ3v) is 3.91. The van der Waals surface area contributed by atoms with Crippen molar-refractivity contribution in [1.82, 2.24) is 4.98 Å². The smallest absolute Gasteiger partial charge is 0.384 e. The Morgan fingerprint density at radius 3 is 2.55 bits per heavy atom. The number of aryl methyl sites for hydroxylation is 1. The van der Waals surface area contributed by atoms with E-state index in [-0.39, 0.29) is 11.6 Å². The molecule has 108 valence electrons. The third-order valence-electron chi connectivity index (χ3n) is 2.68. The quantitative estimate of drug-likeness (QED) is 0.900. The molecular weight excluding hydrogens is 287 g/mol. The summed E-state index contributed by atoms with van der Waals surface area (Å²) in [6, 6.07) is 5.75. The van der Waals surface area contributed by atoms with Gasteiger partial charge in [-0.05, 0) is 30.7 Å². The summed E-state index contributed by atoms with van der Waals surface area (Å²) in [5.41, 5.74) is 4.60. The molecule has 0 atom stereocenters. The Hall–Kier alpha value is -1.76. The average Bonchev–Trinajstić information content (AvgIpc) is 2.82. The molecule has 2 aromatic rings. The number of nitrogen functional groups attached to an aromatic ring is 1. The maximum atomic E-state index is 12.7. The molecule has 0 aromatic carbocycles. The van der Waals surface area contributed by atoms with Gasteiger partial charge < -0.3 is 11.1 Å². The van der Waals surface area contributed by atoms with Crippen LogP contribution in [0.1, 0.15) is 22.2 Å². The number of hydrogen-bond donors (Lipinski definition) is 2. The predicted octanol–water partition coefficient (Wildman–Crippen LogP) is 3.92. The van der Waals surface area contributed by atoms with Gasteiger partial charge in [0.05, 0.1) is 12.1 Å². The highest BCUT2D eigenvalue weighted by Gasteiger charge is 2.31. The van der Waals surface area contributed by atoms with Gasteiger partial charge in [0.25, 0.3) is 0 Å². The summed E-state index contributed by atoms with van der Waals surface area (Å²) >= 11 is 1.62. The predicted molar refractivity (Wildman–Crippen MR) is 74.7 cm³/mol. The van der Waals surface area contributed by atoms with E-state index in [0.29, 0.717) is 6.54 Å². The highest BCUT2D eigenvalue weighted by molar-refractivity contribution is 7.12. The van der Waals surface area contributed by atoms with Crippen molar-refractivity contribution in [2.24, 2.45) is 0 Å². The zero-order chi connectivity index (χ0) is 14.8. The van der Waals surface area contributed by atoms with Crippen LogP contribution in [0.5, 0.6) is 0 Å². The first kappa shape index (κ1) is 14.6. The highest BCUT2D eigenvalue weighted by atomic mass is 32.1. The number of alkyl halides is 3. The minimum atomic E-state index is -4.42. The summed E-state index contributed by atoms with van der Waals surface area (Å²) in [7, 11) is 0. The lowest BCUT2D eigenvalue weighted by Gasteiger charge is -2.10. The number of anilines is 2. The van der Waals surface area contributed by atoms with Crippen LogP contribution in [0.4, 0.5) is 24.8 Å². The van der Waals surface area contributed by atoms with Crippen LogP contribution in [0.2, 0.25) is 0 Å². The highest BCUT2D eigenvalue weighted by Crippen LogP contribution is 2.31. The number of nitrogens with two attached hydrogens (primary N) is 1. The largest absolute Gasteiger partial charge is 0.416 e. The van der Waals surface area contributed by atoms with Crippen molar-refractivity contribution in [3.8, 4) is 0 Å². The number of halogens is 3. The zero-order valence-corrected chi connectivity index (χ0v) is 11.6. The molecule has 3 N–H and O–H groups in total. The summed E-state index contributed by atoms with van der Waals surface area (Å²) in [5, 5.41) is 2.87. The van der Waals surface area contributed by atoms with E-state index in [1.165, 1.54) is 4.88 Å². The molecule has 7 heteroatoms. The van der Waals surface area contributed by atoms with Gasteiger partial charge in [-0.15, -0.1) is 11.3 Å². The molecule has 0 saturated carbocycles. The fourth-order valence-electron chi connectivity index (χ4n) is 1.69. The molecular formula is C13H14F3N3S. The maximum Gasteiger partial charge on any atom is 0.416 e. The standard InChI is InChI=1S/C13H14F3N3S/c1-2-9-3-4-10(20-9)7-18-12-6-8(13(14,15)16)5-11(17)19-12/h3-6H,2,7H2,1H3,(H3,17,18,19). The van der Waals surface area contributed by atoms with Crippen LogP contribution >= 0.6 is 11.3 Å². The molecule has 0 fully saturated rings. The van der Waals surface area contributed by atoms with Crippen LogP contribution in [0.3, 0.4) is 0 Å². The Bertz CT molecular complexity index is 593. The van der Waals surface area contributed by atoms with Gasteiger partial charge in [0.1, 0.15) is 11.6 Å². The van der Waals surface area contributed by atoms with Crippen LogP contribution in [0.15, 0.2) is 24.3 Å². The first-order chi connectivity index (χ1) is 9.38. The lowest BCUT2D eigenvalue weighted by atomic mass is 10.2. The van der Waals surface area contributed by atoms with Gasteiger partial charge in [-0.1, -0.05) is 6.92 Å². The van der Waals surface area contributed by atoms with E-state index >= 15 is 0 Å². The lowest BCUT2D eigenvalue weighted by molar-refractivity contribution is -0.137. The molecule has 0 aliphatic heterocycles. The lowest BCUT2D eigenvalue weighted by Crippen LogP contribution is -2.09. The van der Waals surface area contributed by atoms with Crippen molar-refractivity contribution < 1.29 is 13.2 Å². The molecule has 20 heavy (non-hydrogen) atoms. The molecule has 0 amide bonds. The van der Waals surface area contributed by atoms with Crippen molar-refractivity contribution in [2.75, 3.05) is 11.1 Å². The molecule has 0 unspecified atom stereocenters. The summed E-state index contributed by atoms with van der Waals surface area (Å²) in [4.78, 5) is 6.14. The summed E-state index contributed by atoms with van der Waals surface area (Å²) < 4.78 is 38.0. The fourth-order valence-corrected chi connectivity index (χ4v) is 2.59. The number of aromatic nitrogens is 1. The molecule has 0 aliphatic rings. The van der Waals surface area contributed by atoms with E-state index in [2.05, 4.69) is 17.2 Å². The minimum Gasteiger partial charge on any atom is -0.384 e. The van der Waals surface area contributed by atoms with Crippen molar-refractivity contribution in [1.29, 1.82) is 0 Å². The molecule has 0 saturated heterocycles. The Balaban J connectivity index is 2.11. The molecule has 3 nitrogen and oxygen atoms in total. The zero-order valence-electron chi connectivity index (χ0n) is 10.8. The van der Waals surface area contributed by atoms with Gasteiger partial charge in [0.2, 0.25) is 0 Å². The van der Waals surface area contributed by atoms with Gasteiger partial charge >= 0.3 is 6.18 Å². The molecule has 0 spiro atoms. The first-order valence-electron chi connectivity index (χ1n) is 6.04. The van der Waals surface area contributed by atoms with Crippen molar-refractivity contribution in [2.45, 2.75) is 26.1 Å². The van der Waals surface area contributed by atoms with Gasteiger partial charge in [0, 0.05) is 9.75 Å². The SMILES string of the molecule is CCc1ccc(CNc2cc(C(F)(F)F)cc(N)n2)s1. The maximum absolute atomic E-state index is 12.7. The monoisotopic (exact) mass is 301 g/mol. The molecule has 0 bridgehead atoms. The molecule has 2 rings (SSSR count). The van der Waals surface area contributed by atoms with Crippen molar-refractivity contribution in [3.63, 3.8) is 0 Å². The van der Waals surface area contributed by atoms with E-state index in [1.54, 1.807) is 11.3 Å². The van der Waals surface area contributed by atoms with E-state index < -0.39 is 11.7 Å². The minimum absolute atomic E-state index is 0.128. The molecule has 0 radical (unpaired) electrons. The molecule has 2 heterocycles. The van der Waals surface area contributed by atoms with E-state index in [0.717, 1.165) is 23.4 Å². The average molecular weight is 301 g/mol. The first-order valence-corrected chi connectivity index (χ1v) is 6.86. The second kappa shape index (κ2) is 5.70. The third kappa shape index (κ3) is 3.63. The van der Waals surface area contributed by atoms with Crippen LogP contribution in [0.25, 0.3) is 0 Å². The van der Waals surface area contributed by atoms with Gasteiger partial charge in [-0.2, -0.15) is 13.2 Å². The van der Waals surface area contributed by atoms with Crippen molar-refractivity contribution >= 4 is 23.0 Å². The Morgan fingerprint density at radius 2 is 1.95 bits per heavy atom. The van der Waals surface area contributed by atoms with Crippen molar-refractivity contribution in [3.05, 3.63) is 39.6 Å². The Morgan fingerprint density at radius 1 is 1.25 bits per heavy atom. The second-order valence-corrected chi connectivity index (χ2v) is 5.49. The summed E-state index contributed by atoms with van der Waals surface area (Å²) in [5.74, 6) is -0.0217. The Kier molecular flexibility index (Phi) is 4.17. The Labute approximate surface area is 118 Å². The summed E-state index contributed by atoms with van der Waals surface area (Å²) in [6.45, 7) is 2.48. The number of thiophene rings is 1. The number of pyridine rings is 1. The number of nitrogens with one attached hydrogen (secondary N) is 1. The number of rotatable bonds is 4. The van der Waals surface area contributed by atoms with E-state index in [4.69, 9.17) is 5.73 Å². The van der Waals surface area contributed by atoms with Gasteiger partial charge in [0.15, 0.2) is 0 Å². The van der Waals surface area contributed by atoms with Gasteiger partial charge in [-0.25, -0.2) is 4.98 Å². The fraction of sp³-hybridized carbons (Fsp3) is 0.308. The number of nitrogens with zero attached hydrogens (tertiary/aromatic N) is 1. The normalized spacial score (nSPS) is 11.6. The van der Waals surface area contributed by atoms with E-state index in [9.17, 15) is 13.2 Å². The van der Waals surface area contributed by atoms with Crippen LogP contribution in [0, 0.1) is 0 Å². The van der Waals surface area contributed by atoms with E-state index in [1.807, 2.05) is 12.1 Å². The topological polar surface area (TPSA) is 50.9 Å². The van der Waals surface area contributed by atoms with Crippen LogP contribution < -0.4 is 11.1 Å². The van der Waals surface area contributed by atoms with Crippen LogP contribution in [-0.2, 0) is 19.1 Å². The van der Waals surface area contributed by atoms with Gasteiger partial charge in [-0.3, -0.25) is 0 Å². The number of hydrogen-bond acceptors (Lipinski definition) is 4. The van der Waals surface area contributed by atoms with Crippen LogP contribution in [-0.4, -0.2) is 4.98 Å². The molecule has 2 aromatic heterocycles. The second-order valence-electron chi connectivity index (χ2n) is 4.24. The molecule has 0 aliphatic carbocycles. The summed E-state index contributed by atoms with van der Waals surface area (Å²) in [6.07, 6.45) is -3.48.